The van der Waals surface area contributed by atoms with E-state index in [1.165, 1.54) is 24.8 Å². The molecule has 2 rings (SSSR count). The minimum absolute atomic E-state index is 0.216. The standard InChI is InChI=1S/C17H25NO/c1-12(2)15-11-7-8-13(3)16(15)18-17(19)14-9-5-4-6-10-14/h7-8,11-12,14H,4-6,9-10H2,1-3H3,(H,18,19). The molecule has 1 aromatic carbocycles. The Morgan fingerprint density at radius 3 is 2.53 bits per heavy atom. The van der Waals surface area contributed by atoms with E-state index in [0.29, 0.717) is 5.92 Å². The van der Waals surface area contributed by atoms with Gasteiger partial charge in [0.05, 0.1) is 0 Å². The van der Waals surface area contributed by atoms with E-state index in [1.807, 2.05) is 0 Å². The predicted molar refractivity (Wildman–Crippen MR) is 80.5 cm³/mol. The molecule has 1 aliphatic rings. The molecule has 0 aromatic heterocycles. The average Bonchev–Trinajstić information content (AvgIpc) is 2.41. The molecule has 2 nitrogen and oxygen atoms in total. The summed E-state index contributed by atoms with van der Waals surface area (Å²) in [6.45, 7) is 6.42. The number of carbonyl (C=O) groups is 1. The van der Waals surface area contributed by atoms with Gasteiger partial charge >= 0.3 is 0 Å². The topological polar surface area (TPSA) is 29.1 Å². The monoisotopic (exact) mass is 259 g/mol. The first-order chi connectivity index (χ1) is 9.09. The van der Waals surface area contributed by atoms with E-state index in [2.05, 4.69) is 44.3 Å². The molecule has 1 N–H and O–H groups in total. The van der Waals surface area contributed by atoms with Crippen LogP contribution in [0.3, 0.4) is 0 Å². The molecule has 1 aromatic rings. The number of benzene rings is 1. The van der Waals surface area contributed by atoms with E-state index in [-0.39, 0.29) is 11.8 Å². The zero-order chi connectivity index (χ0) is 13.8. The Morgan fingerprint density at radius 1 is 1.21 bits per heavy atom. The van der Waals surface area contributed by atoms with Gasteiger partial charge in [0.1, 0.15) is 0 Å². The third-order valence-corrected chi connectivity index (χ3v) is 4.15. The number of carbonyl (C=O) groups excluding carboxylic acids is 1. The molecule has 1 saturated carbocycles. The number of anilines is 1. The molecule has 0 aliphatic heterocycles. The van der Waals surface area contributed by atoms with Crippen LogP contribution in [0.2, 0.25) is 0 Å². The molecule has 0 bridgehead atoms. The summed E-state index contributed by atoms with van der Waals surface area (Å²) >= 11 is 0. The number of para-hydroxylation sites is 1. The van der Waals surface area contributed by atoms with Crippen LogP contribution in [-0.2, 0) is 4.79 Å². The minimum atomic E-state index is 0.216. The summed E-state index contributed by atoms with van der Waals surface area (Å²) in [5.74, 6) is 0.867. The fraction of sp³-hybridized carbons (Fsp3) is 0.588. The third-order valence-electron chi connectivity index (χ3n) is 4.15. The summed E-state index contributed by atoms with van der Waals surface area (Å²) in [5, 5.41) is 3.19. The number of hydrogen-bond acceptors (Lipinski definition) is 1. The molecular formula is C17H25NO. The number of rotatable bonds is 3. The van der Waals surface area contributed by atoms with E-state index >= 15 is 0 Å². The van der Waals surface area contributed by atoms with Crippen molar-refractivity contribution >= 4 is 11.6 Å². The predicted octanol–water partition coefficient (Wildman–Crippen LogP) is 4.64. The van der Waals surface area contributed by atoms with Gasteiger partial charge in [0.25, 0.3) is 0 Å². The largest absolute Gasteiger partial charge is 0.325 e. The summed E-state index contributed by atoms with van der Waals surface area (Å²) in [4.78, 5) is 12.4. The van der Waals surface area contributed by atoms with Crippen LogP contribution in [0.5, 0.6) is 0 Å². The highest BCUT2D eigenvalue weighted by Gasteiger charge is 2.22. The van der Waals surface area contributed by atoms with Crippen LogP contribution in [0, 0.1) is 12.8 Å². The Hall–Kier alpha value is -1.31. The smallest absolute Gasteiger partial charge is 0.227 e. The third kappa shape index (κ3) is 3.37. The highest BCUT2D eigenvalue weighted by atomic mass is 16.1. The fourth-order valence-electron chi connectivity index (χ4n) is 2.93. The molecule has 0 radical (unpaired) electrons. The van der Waals surface area contributed by atoms with Crippen molar-refractivity contribution in [1.82, 2.24) is 0 Å². The van der Waals surface area contributed by atoms with Crippen molar-refractivity contribution in [3.8, 4) is 0 Å². The second-order valence-electron chi connectivity index (χ2n) is 6.02. The van der Waals surface area contributed by atoms with E-state index in [9.17, 15) is 4.79 Å². The lowest BCUT2D eigenvalue weighted by molar-refractivity contribution is -0.120. The van der Waals surface area contributed by atoms with E-state index in [4.69, 9.17) is 0 Å². The Labute approximate surface area is 116 Å². The molecule has 0 spiro atoms. The Kier molecular flexibility index (Phi) is 4.62. The number of amides is 1. The highest BCUT2D eigenvalue weighted by Crippen LogP contribution is 2.30. The Balaban J connectivity index is 2.15. The van der Waals surface area contributed by atoms with Gasteiger partial charge in [0, 0.05) is 11.6 Å². The molecular weight excluding hydrogens is 234 g/mol. The van der Waals surface area contributed by atoms with Crippen LogP contribution >= 0.6 is 0 Å². The van der Waals surface area contributed by atoms with Crippen LogP contribution in [0.1, 0.15) is 63.0 Å². The van der Waals surface area contributed by atoms with Crippen molar-refractivity contribution in [3.63, 3.8) is 0 Å². The second-order valence-corrected chi connectivity index (χ2v) is 6.02. The first kappa shape index (κ1) is 14.1. The molecule has 2 heteroatoms. The maximum Gasteiger partial charge on any atom is 0.227 e. The summed E-state index contributed by atoms with van der Waals surface area (Å²) < 4.78 is 0. The second kappa shape index (κ2) is 6.23. The number of aryl methyl sites for hydroxylation is 1. The molecule has 104 valence electrons. The first-order valence-electron chi connectivity index (χ1n) is 7.50. The lowest BCUT2D eigenvalue weighted by atomic mass is 9.88. The van der Waals surface area contributed by atoms with Crippen molar-refractivity contribution < 1.29 is 4.79 Å². The van der Waals surface area contributed by atoms with Gasteiger partial charge in [-0.25, -0.2) is 0 Å². The van der Waals surface area contributed by atoms with Crippen LogP contribution < -0.4 is 5.32 Å². The zero-order valence-electron chi connectivity index (χ0n) is 12.3. The van der Waals surface area contributed by atoms with E-state index in [0.717, 1.165) is 24.1 Å². The van der Waals surface area contributed by atoms with Crippen LogP contribution in [0.25, 0.3) is 0 Å². The van der Waals surface area contributed by atoms with Gasteiger partial charge in [-0.05, 0) is 36.8 Å². The van der Waals surface area contributed by atoms with Crippen molar-refractivity contribution in [2.45, 2.75) is 58.8 Å². The molecule has 0 atom stereocenters. The Bertz CT molecular complexity index is 445. The molecule has 1 amide bonds. The molecule has 19 heavy (non-hydrogen) atoms. The van der Waals surface area contributed by atoms with E-state index < -0.39 is 0 Å². The van der Waals surface area contributed by atoms with Crippen molar-refractivity contribution in [1.29, 1.82) is 0 Å². The summed E-state index contributed by atoms with van der Waals surface area (Å²) in [5.41, 5.74) is 3.44. The molecule has 1 fully saturated rings. The lowest BCUT2D eigenvalue weighted by Crippen LogP contribution is -2.25. The summed E-state index contributed by atoms with van der Waals surface area (Å²) in [7, 11) is 0. The lowest BCUT2D eigenvalue weighted by Gasteiger charge is -2.23. The highest BCUT2D eigenvalue weighted by molar-refractivity contribution is 5.94. The van der Waals surface area contributed by atoms with Gasteiger partial charge in [-0.2, -0.15) is 0 Å². The van der Waals surface area contributed by atoms with Gasteiger partial charge in [-0.15, -0.1) is 0 Å². The van der Waals surface area contributed by atoms with Crippen LogP contribution in [0.4, 0.5) is 5.69 Å². The number of nitrogens with one attached hydrogen (secondary N) is 1. The number of hydrogen-bond donors (Lipinski definition) is 1. The maximum atomic E-state index is 12.4. The summed E-state index contributed by atoms with van der Waals surface area (Å²) in [6.07, 6.45) is 5.78. The van der Waals surface area contributed by atoms with Gasteiger partial charge in [0.2, 0.25) is 5.91 Å². The molecule has 1 aliphatic carbocycles. The molecule has 0 heterocycles. The SMILES string of the molecule is Cc1cccc(C(C)C)c1NC(=O)C1CCCCC1. The van der Waals surface area contributed by atoms with Gasteiger partial charge in [0.15, 0.2) is 0 Å². The summed E-state index contributed by atoms with van der Waals surface area (Å²) in [6, 6.07) is 6.26. The van der Waals surface area contributed by atoms with Crippen molar-refractivity contribution in [2.24, 2.45) is 5.92 Å². The maximum absolute atomic E-state index is 12.4. The van der Waals surface area contributed by atoms with E-state index in [1.54, 1.807) is 0 Å². The van der Waals surface area contributed by atoms with Crippen molar-refractivity contribution in [3.05, 3.63) is 29.3 Å². The average molecular weight is 259 g/mol. The van der Waals surface area contributed by atoms with Gasteiger partial charge in [-0.1, -0.05) is 51.3 Å². The van der Waals surface area contributed by atoms with Gasteiger partial charge < -0.3 is 5.32 Å². The molecule has 0 unspecified atom stereocenters. The molecule has 0 saturated heterocycles. The quantitative estimate of drug-likeness (QED) is 0.842. The van der Waals surface area contributed by atoms with Gasteiger partial charge in [-0.3, -0.25) is 4.79 Å². The van der Waals surface area contributed by atoms with Crippen LogP contribution in [-0.4, -0.2) is 5.91 Å². The minimum Gasteiger partial charge on any atom is -0.325 e. The van der Waals surface area contributed by atoms with Crippen molar-refractivity contribution in [2.75, 3.05) is 5.32 Å². The Morgan fingerprint density at radius 2 is 1.89 bits per heavy atom. The normalized spacial score (nSPS) is 16.6. The van der Waals surface area contributed by atoms with Crippen LogP contribution in [0.15, 0.2) is 18.2 Å². The fourth-order valence-corrected chi connectivity index (χ4v) is 2.93. The first-order valence-corrected chi connectivity index (χ1v) is 7.50. The zero-order valence-corrected chi connectivity index (χ0v) is 12.3.